The Kier molecular flexibility index (Phi) is 2.44. The van der Waals surface area contributed by atoms with Crippen molar-refractivity contribution in [2.45, 2.75) is 46.0 Å². The van der Waals surface area contributed by atoms with Crippen molar-refractivity contribution in [2.24, 2.45) is 22.7 Å². The van der Waals surface area contributed by atoms with Crippen LogP contribution in [-0.4, -0.2) is 5.11 Å². The number of fused-ring (bicyclic) bond motifs is 5. The van der Waals surface area contributed by atoms with Crippen LogP contribution >= 0.6 is 0 Å². The minimum Gasteiger partial charge on any atom is -0.512 e. The van der Waals surface area contributed by atoms with E-state index in [1.807, 2.05) is 0 Å². The summed E-state index contributed by atoms with van der Waals surface area (Å²) in [6.45, 7) is 4.84. The molecule has 1 heteroatoms. The van der Waals surface area contributed by atoms with Crippen molar-refractivity contribution >= 4 is 0 Å². The van der Waals surface area contributed by atoms with Crippen molar-refractivity contribution in [1.82, 2.24) is 0 Å². The van der Waals surface area contributed by atoms with Crippen LogP contribution in [0.5, 0.6) is 0 Å². The summed E-state index contributed by atoms with van der Waals surface area (Å²) in [5.41, 5.74) is 3.68. The number of aliphatic hydroxyl groups excluding tert-OH is 1. The smallest absolute Gasteiger partial charge is 0.0925 e. The molecule has 0 aromatic carbocycles. The van der Waals surface area contributed by atoms with E-state index < -0.39 is 0 Å². The summed E-state index contributed by atoms with van der Waals surface area (Å²) in [7, 11) is 0. The summed E-state index contributed by atoms with van der Waals surface area (Å²) < 4.78 is 0. The normalized spacial score (nSPS) is 45.8. The maximum Gasteiger partial charge on any atom is 0.0925 e. The van der Waals surface area contributed by atoms with Crippen LogP contribution in [0.1, 0.15) is 46.0 Å². The minimum absolute atomic E-state index is 0.278. The Morgan fingerprint density at radius 2 is 2.10 bits per heavy atom. The second-order valence-electron chi connectivity index (χ2n) is 7.60. The second-order valence-corrected chi connectivity index (χ2v) is 7.60. The highest BCUT2D eigenvalue weighted by Crippen LogP contribution is 2.61. The van der Waals surface area contributed by atoms with Crippen LogP contribution in [0.2, 0.25) is 0 Å². The molecule has 0 saturated heterocycles. The van der Waals surface area contributed by atoms with Gasteiger partial charge in [0.05, 0.1) is 5.76 Å². The highest BCUT2D eigenvalue weighted by molar-refractivity contribution is 5.42. The first-order valence-corrected chi connectivity index (χ1v) is 8.03. The fraction of sp³-hybridized carbons (Fsp3) is 0.579. The molecule has 4 aliphatic carbocycles. The van der Waals surface area contributed by atoms with Gasteiger partial charge in [-0.2, -0.15) is 0 Å². The predicted molar refractivity (Wildman–Crippen MR) is 82.3 cm³/mol. The van der Waals surface area contributed by atoms with Crippen LogP contribution in [0.15, 0.2) is 47.3 Å². The molecule has 1 saturated carbocycles. The Bertz CT molecular complexity index is 577. The molecular weight excluding hydrogens is 244 g/mol. The van der Waals surface area contributed by atoms with E-state index in [1.54, 1.807) is 5.57 Å². The van der Waals surface area contributed by atoms with Gasteiger partial charge in [0.15, 0.2) is 0 Å². The van der Waals surface area contributed by atoms with Gasteiger partial charge in [0, 0.05) is 11.8 Å². The Hall–Kier alpha value is -1.24. The fourth-order valence-electron chi connectivity index (χ4n) is 5.25. The summed E-state index contributed by atoms with van der Waals surface area (Å²) >= 11 is 0. The highest BCUT2D eigenvalue weighted by Gasteiger charge is 2.51. The van der Waals surface area contributed by atoms with Crippen molar-refractivity contribution in [1.29, 1.82) is 0 Å². The van der Waals surface area contributed by atoms with Gasteiger partial charge >= 0.3 is 0 Å². The Labute approximate surface area is 121 Å². The maximum atomic E-state index is 9.85. The molecule has 0 amide bonds. The van der Waals surface area contributed by atoms with Crippen LogP contribution in [0.25, 0.3) is 0 Å². The van der Waals surface area contributed by atoms with Gasteiger partial charge in [0.25, 0.3) is 0 Å². The fourth-order valence-corrected chi connectivity index (χ4v) is 5.25. The van der Waals surface area contributed by atoms with Gasteiger partial charge in [0.2, 0.25) is 0 Å². The molecule has 20 heavy (non-hydrogen) atoms. The molecular formula is C19H24O. The molecule has 1 N–H and O–H groups in total. The second kappa shape index (κ2) is 3.90. The van der Waals surface area contributed by atoms with Crippen LogP contribution < -0.4 is 0 Å². The van der Waals surface area contributed by atoms with Crippen LogP contribution in [0.3, 0.4) is 0 Å². The van der Waals surface area contributed by atoms with Crippen molar-refractivity contribution in [2.75, 3.05) is 0 Å². The van der Waals surface area contributed by atoms with E-state index in [2.05, 4.69) is 44.2 Å². The first-order valence-electron chi connectivity index (χ1n) is 8.03. The molecule has 0 bridgehead atoms. The van der Waals surface area contributed by atoms with Crippen molar-refractivity contribution in [3.05, 3.63) is 47.3 Å². The Morgan fingerprint density at radius 3 is 2.95 bits per heavy atom. The van der Waals surface area contributed by atoms with Gasteiger partial charge < -0.3 is 5.11 Å². The number of rotatable bonds is 0. The summed E-state index contributed by atoms with van der Waals surface area (Å²) in [4.78, 5) is 0. The summed E-state index contributed by atoms with van der Waals surface area (Å²) in [6, 6.07) is 0. The topological polar surface area (TPSA) is 20.2 Å². The van der Waals surface area contributed by atoms with Gasteiger partial charge in [-0.25, -0.2) is 0 Å². The van der Waals surface area contributed by atoms with Gasteiger partial charge in [-0.3, -0.25) is 0 Å². The van der Waals surface area contributed by atoms with Crippen LogP contribution in [0.4, 0.5) is 0 Å². The van der Waals surface area contributed by atoms with Crippen molar-refractivity contribution in [3.63, 3.8) is 0 Å². The lowest BCUT2D eigenvalue weighted by atomic mass is 9.50. The molecule has 0 unspecified atom stereocenters. The molecule has 4 rings (SSSR count). The van der Waals surface area contributed by atoms with E-state index in [9.17, 15) is 5.11 Å². The van der Waals surface area contributed by atoms with Gasteiger partial charge in [-0.05, 0) is 54.6 Å². The summed E-state index contributed by atoms with van der Waals surface area (Å²) in [6.07, 6.45) is 17.2. The van der Waals surface area contributed by atoms with E-state index >= 15 is 0 Å². The molecule has 0 spiro atoms. The third kappa shape index (κ3) is 1.50. The van der Waals surface area contributed by atoms with Crippen LogP contribution in [0, 0.1) is 22.7 Å². The quantitative estimate of drug-likeness (QED) is 0.649. The minimum atomic E-state index is 0.278. The monoisotopic (exact) mass is 268 g/mol. The highest BCUT2D eigenvalue weighted by atomic mass is 16.3. The van der Waals surface area contributed by atoms with E-state index in [4.69, 9.17) is 0 Å². The Morgan fingerprint density at radius 1 is 1.25 bits per heavy atom. The number of hydrogen-bond acceptors (Lipinski definition) is 1. The summed E-state index contributed by atoms with van der Waals surface area (Å²) in [5.74, 6) is 2.05. The average Bonchev–Trinajstić information content (AvgIpc) is 2.81. The third-order valence-corrected chi connectivity index (χ3v) is 6.55. The third-order valence-electron chi connectivity index (χ3n) is 6.55. The first-order chi connectivity index (χ1) is 9.53. The summed E-state index contributed by atoms with van der Waals surface area (Å²) in [5, 5.41) is 9.85. The lowest BCUT2D eigenvalue weighted by Crippen LogP contribution is -2.44. The molecule has 4 aliphatic rings. The molecule has 0 radical (unpaired) electrons. The van der Waals surface area contributed by atoms with Crippen molar-refractivity contribution < 1.29 is 5.11 Å². The SMILES string of the molecule is C[C@@]12C=CC=C1[C@@H]1CC=C3C=C(O)CC[C@]3(C)[C@H]1CC2. The molecule has 0 heterocycles. The Balaban J connectivity index is 1.77. The average molecular weight is 268 g/mol. The van der Waals surface area contributed by atoms with Crippen LogP contribution in [-0.2, 0) is 0 Å². The van der Waals surface area contributed by atoms with E-state index in [0.29, 0.717) is 17.1 Å². The number of hydrogen-bond donors (Lipinski definition) is 1. The zero-order valence-corrected chi connectivity index (χ0v) is 12.5. The first kappa shape index (κ1) is 12.5. The maximum absolute atomic E-state index is 9.85. The predicted octanol–water partition coefficient (Wildman–Crippen LogP) is 5.09. The molecule has 1 nitrogen and oxygen atoms in total. The number of aliphatic hydroxyl groups is 1. The van der Waals surface area contributed by atoms with Gasteiger partial charge in [-0.1, -0.05) is 43.7 Å². The zero-order valence-electron chi connectivity index (χ0n) is 12.5. The molecule has 0 aromatic heterocycles. The van der Waals surface area contributed by atoms with Crippen molar-refractivity contribution in [3.8, 4) is 0 Å². The van der Waals surface area contributed by atoms with Gasteiger partial charge in [0.1, 0.15) is 0 Å². The van der Waals surface area contributed by atoms with Gasteiger partial charge in [-0.15, -0.1) is 0 Å². The molecule has 4 atom stereocenters. The molecule has 0 aliphatic heterocycles. The zero-order chi connectivity index (χ0) is 14.0. The van der Waals surface area contributed by atoms with E-state index in [0.717, 1.165) is 25.2 Å². The van der Waals surface area contributed by atoms with E-state index in [-0.39, 0.29) is 5.41 Å². The molecule has 106 valence electrons. The van der Waals surface area contributed by atoms with E-state index in [1.165, 1.54) is 18.4 Å². The molecule has 0 aromatic rings. The lowest BCUT2D eigenvalue weighted by molar-refractivity contribution is 0.0865. The number of allylic oxidation sites excluding steroid dienone is 8. The lowest BCUT2D eigenvalue weighted by Gasteiger charge is -2.54. The largest absolute Gasteiger partial charge is 0.512 e. The molecule has 1 fully saturated rings. The standard InChI is InChI=1S/C19H24O/c1-18-9-3-4-16(18)15-6-5-13-12-14(20)7-11-19(13,2)17(15)8-10-18/h3-5,9,12,15,17,20H,6-8,10-11H2,1-2H3/t15-,17-,18-,19-/m0/s1.